The molecule has 1 unspecified atom stereocenters. The van der Waals surface area contributed by atoms with Gasteiger partial charge >= 0.3 is 0 Å². The van der Waals surface area contributed by atoms with Crippen LogP contribution in [0.15, 0.2) is 49.1 Å². The molecule has 1 aromatic carbocycles. The van der Waals surface area contributed by atoms with E-state index in [4.69, 9.17) is 0 Å². The number of hydrogen-bond acceptors (Lipinski definition) is 5. The molecule has 0 radical (unpaired) electrons. The number of carbonyl (C=O) groups is 1. The van der Waals surface area contributed by atoms with Gasteiger partial charge in [0.1, 0.15) is 5.82 Å². The molecular weight excluding hydrogens is 374 g/mol. The highest BCUT2D eigenvalue weighted by atomic mass is 16.1. The molecule has 0 spiro atoms. The fourth-order valence-electron chi connectivity index (χ4n) is 4.16. The van der Waals surface area contributed by atoms with Crippen molar-refractivity contribution in [1.82, 2.24) is 19.9 Å². The van der Waals surface area contributed by atoms with E-state index in [1.54, 1.807) is 18.6 Å². The average molecular weight is 404 g/mol. The van der Waals surface area contributed by atoms with Crippen molar-refractivity contribution in [3.05, 3.63) is 49.1 Å². The number of likely N-dealkylation sites (tertiary alicyclic amines) is 1. The Hall–Kier alpha value is -2.86. The van der Waals surface area contributed by atoms with Crippen molar-refractivity contribution in [2.45, 2.75) is 33.1 Å². The molecule has 1 N–H and O–H groups in total. The minimum Gasteiger partial charge on any atom is -0.310 e. The Morgan fingerprint density at radius 3 is 2.80 bits per heavy atom. The lowest BCUT2D eigenvalue weighted by Crippen LogP contribution is -2.29. The van der Waals surface area contributed by atoms with E-state index in [1.165, 1.54) is 0 Å². The largest absolute Gasteiger partial charge is 0.310 e. The molecule has 3 heterocycles. The van der Waals surface area contributed by atoms with Crippen molar-refractivity contribution >= 4 is 22.5 Å². The van der Waals surface area contributed by atoms with Crippen LogP contribution in [-0.4, -0.2) is 45.4 Å². The number of hydrogen-bond donors (Lipinski definition) is 1. The Labute approximate surface area is 177 Å². The van der Waals surface area contributed by atoms with Gasteiger partial charge in [0.15, 0.2) is 0 Å². The van der Waals surface area contributed by atoms with Crippen LogP contribution in [0.25, 0.3) is 22.0 Å². The predicted octanol–water partition coefficient (Wildman–Crippen LogP) is 4.39. The monoisotopic (exact) mass is 403 g/mol. The topological polar surface area (TPSA) is 71.0 Å². The smallest absolute Gasteiger partial charge is 0.228 e. The zero-order chi connectivity index (χ0) is 20.9. The van der Waals surface area contributed by atoms with Gasteiger partial charge in [-0.05, 0) is 55.8 Å². The normalized spacial score (nSPS) is 17.8. The van der Waals surface area contributed by atoms with Crippen molar-refractivity contribution < 1.29 is 4.79 Å². The van der Waals surface area contributed by atoms with Crippen LogP contribution in [0.5, 0.6) is 0 Å². The van der Waals surface area contributed by atoms with Gasteiger partial charge in [0.05, 0.1) is 11.9 Å². The Kier molecular flexibility index (Phi) is 6.33. The molecule has 2 aromatic heterocycles. The Morgan fingerprint density at radius 2 is 2.00 bits per heavy atom. The zero-order valence-electron chi connectivity index (χ0n) is 17.7. The predicted molar refractivity (Wildman–Crippen MR) is 120 cm³/mol. The number of pyridine rings is 1. The van der Waals surface area contributed by atoms with Gasteiger partial charge in [-0.3, -0.25) is 14.8 Å². The fourth-order valence-corrected chi connectivity index (χ4v) is 4.16. The molecule has 0 saturated carbocycles. The third-order valence-electron chi connectivity index (χ3n) is 5.65. The van der Waals surface area contributed by atoms with Crippen LogP contribution in [0.2, 0.25) is 0 Å². The fraction of sp³-hybridized carbons (Fsp3) is 0.417. The number of benzene rings is 1. The van der Waals surface area contributed by atoms with Crippen molar-refractivity contribution in [3.63, 3.8) is 0 Å². The Bertz CT molecular complexity index is 1000. The summed E-state index contributed by atoms with van der Waals surface area (Å²) in [5.41, 5.74) is 1.82. The maximum Gasteiger partial charge on any atom is 0.228 e. The molecule has 1 fully saturated rings. The van der Waals surface area contributed by atoms with E-state index in [0.29, 0.717) is 11.7 Å². The summed E-state index contributed by atoms with van der Waals surface area (Å²) in [7, 11) is 0. The van der Waals surface area contributed by atoms with E-state index >= 15 is 0 Å². The SMILES string of the molecule is CC(C)CN1CCCC(C(=O)Nc2cc3cc(-c4cnccn4)ccc3cn2)CC1. The lowest BCUT2D eigenvalue weighted by molar-refractivity contribution is -0.120. The molecule has 6 nitrogen and oxygen atoms in total. The minimum atomic E-state index is 0.0468. The number of fused-ring (bicyclic) bond motifs is 1. The van der Waals surface area contributed by atoms with Gasteiger partial charge in [0, 0.05) is 42.0 Å². The summed E-state index contributed by atoms with van der Waals surface area (Å²) in [6.45, 7) is 7.67. The van der Waals surface area contributed by atoms with Crippen LogP contribution >= 0.6 is 0 Å². The first kappa shape index (κ1) is 20.4. The van der Waals surface area contributed by atoms with E-state index in [2.05, 4.69) is 45.1 Å². The molecule has 1 aliphatic rings. The van der Waals surface area contributed by atoms with Crippen LogP contribution in [0.1, 0.15) is 33.1 Å². The molecule has 6 heteroatoms. The molecule has 4 rings (SSSR count). The molecular formula is C24H29N5O. The summed E-state index contributed by atoms with van der Waals surface area (Å²) in [6.07, 6.45) is 9.82. The highest BCUT2D eigenvalue weighted by Gasteiger charge is 2.23. The summed E-state index contributed by atoms with van der Waals surface area (Å²) < 4.78 is 0. The van der Waals surface area contributed by atoms with Crippen LogP contribution < -0.4 is 5.32 Å². The van der Waals surface area contributed by atoms with Gasteiger partial charge < -0.3 is 10.2 Å². The minimum absolute atomic E-state index is 0.0468. The summed E-state index contributed by atoms with van der Waals surface area (Å²) in [6, 6.07) is 8.04. The van der Waals surface area contributed by atoms with E-state index in [1.807, 2.05) is 24.4 Å². The first-order valence-corrected chi connectivity index (χ1v) is 10.8. The molecule has 1 saturated heterocycles. The standard InChI is InChI=1S/C24H29N5O/c1-17(2)16-29-10-3-4-18(7-11-29)24(30)28-23-13-21-12-19(5-6-20(21)14-27-23)22-15-25-8-9-26-22/h5-6,8-9,12-15,17-18H,3-4,7,10-11,16H2,1-2H3,(H,27,28,30). The van der Waals surface area contributed by atoms with Gasteiger partial charge in [0.2, 0.25) is 5.91 Å². The molecule has 30 heavy (non-hydrogen) atoms. The number of anilines is 1. The molecule has 0 aliphatic carbocycles. The second-order valence-electron chi connectivity index (χ2n) is 8.53. The number of aromatic nitrogens is 3. The lowest BCUT2D eigenvalue weighted by Gasteiger charge is -2.22. The van der Waals surface area contributed by atoms with Crippen LogP contribution in [0, 0.1) is 11.8 Å². The number of carbonyl (C=O) groups excluding carboxylic acids is 1. The number of nitrogens with zero attached hydrogens (tertiary/aromatic N) is 4. The van der Waals surface area contributed by atoms with E-state index in [0.717, 1.165) is 60.9 Å². The molecule has 156 valence electrons. The summed E-state index contributed by atoms with van der Waals surface area (Å²) in [5.74, 6) is 1.39. The van der Waals surface area contributed by atoms with E-state index in [-0.39, 0.29) is 11.8 Å². The summed E-state index contributed by atoms with van der Waals surface area (Å²) in [5, 5.41) is 5.10. The zero-order valence-corrected chi connectivity index (χ0v) is 17.7. The first-order chi connectivity index (χ1) is 14.6. The van der Waals surface area contributed by atoms with Crippen LogP contribution in [-0.2, 0) is 4.79 Å². The van der Waals surface area contributed by atoms with Crippen LogP contribution in [0.3, 0.4) is 0 Å². The van der Waals surface area contributed by atoms with Gasteiger partial charge in [0.25, 0.3) is 0 Å². The van der Waals surface area contributed by atoms with Gasteiger partial charge in [-0.15, -0.1) is 0 Å². The van der Waals surface area contributed by atoms with Crippen molar-refractivity contribution in [2.75, 3.05) is 25.0 Å². The van der Waals surface area contributed by atoms with Gasteiger partial charge in [-0.2, -0.15) is 0 Å². The number of nitrogens with one attached hydrogen (secondary N) is 1. The second kappa shape index (κ2) is 9.30. The Morgan fingerprint density at radius 1 is 1.10 bits per heavy atom. The second-order valence-corrected chi connectivity index (χ2v) is 8.53. The van der Waals surface area contributed by atoms with E-state index in [9.17, 15) is 4.79 Å². The third kappa shape index (κ3) is 5.00. The van der Waals surface area contributed by atoms with Crippen molar-refractivity contribution in [1.29, 1.82) is 0 Å². The first-order valence-electron chi connectivity index (χ1n) is 10.8. The highest BCUT2D eigenvalue weighted by Crippen LogP contribution is 2.25. The maximum atomic E-state index is 12.9. The highest BCUT2D eigenvalue weighted by molar-refractivity contribution is 5.94. The quantitative estimate of drug-likeness (QED) is 0.684. The molecule has 0 bridgehead atoms. The van der Waals surface area contributed by atoms with E-state index < -0.39 is 0 Å². The average Bonchev–Trinajstić information content (AvgIpc) is 2.99. The summed E-state index contributed by atoms with van der Waals surface area (Å²) >= 11 is 0. The summed E-state index contributed by atoms with van der Waals surface area (Å²) in [4.78, 5) is 28.3. The molecule has 3 aromatic rings. The number of amides is 1. The van der Waals surface area contributed by atoms with Gasteiger partial charge in [-0.1, -0.05) is 26.0 Å². The number of rotatable bonds is 5. The van der Waals surface area contributed by atoms with Crippen LogP contribution in [0.4, 0.5) is 5.82 Å². The molecule has 1 atom stereocenters. The maximum absolute atomic E-state index is 12.9. The van der Waals surface area contributed by atoms with Crippen molar-refractivity contribution in [3.8, 4) is 11.3 Å². The lowest BCUT2D eigenvalue weighted by atomic mass is 10.00. The van der Waals surface area contributed by atoms with Gasteiger partial charge in [-0.25, -0.2) is 4.98 Å². The Balaban J connectivity index is 1.46. The van der Waals surface area contributed by atoms with Crippen molar-refractivity contribution in [2.24, 2.45) is 11.8 Å². The third-order valence-corrected chi connectivity index (χ3v) is 5.65. The molecule has 1 aliphatic heterocycles. The molecule has 1 amide bonds.